The number of hydrogen-bond donors (Lipinski definition) is 0. The molecule has 0 aliphatic heterocycles. The summed E-state index contributed by atoms with van der Waals surface area (Å²) >= 11 is 8.85. The number of aryl methyl sites for hydroxylation is 1. The first-order chi connectivity index (χ1) is 6.06. The predicted molar refractivity (Wildman–Crippen MR) is 51.6 cm³/mol. The maximum atomic E-state index is 12.4. The first-order valence-corrected chi connectivity index (χ1v) is 5.06. The molecule has 0 unspecified atom stereocenters. The summed E-state index contributed by atoms with van der Waals surface area (Å²) in [5.74, 6) is 0. The summed E-state index contributed by atoms with van der Waals surface area (Å²) in [5, 5.41) is 0.591. The van der Waals surface area contributed by atoms with Crippen molar-refractivity contribution in [3.63, 3.8) is 0 Å². The highest BCUT2D eigenvalue weighted by Crippen LogP contribution is 2.29. The van der Waals surface area contributed by atoms with Crippen molar-refractivity contribution in [3.8, 4) is 0 Å². The zero-order chi connectivity index (χ0) is 10.0. The SMILES string of the molecule is Cc1nc(CBr)cc(Cl)c1C(F)F. The van der Waals surface area contributed by atoms with Gasteiger partial charge in [-0.15, -0.1) is 0 Å². The van der Waals surface area contributed by atoms with E-state index in [4.69, 9.17) is 11.6 Å². The van der Waals surface area contributed by atoms with Crippen LogP contribution in [0.1, 0.15) is 23.4 Å². The summed E-state index contributed by atoms with van der Waals surface area (Å²) in [7, 11) is 0. The molecular weight excluding hydrogens is 263 g/mol. The molecule has 72 valence electrons. The molecule has 0 radical (unpaired) electrons. The summed E-state index contributed by atoms with van der Waals surface area (Å²) in [6, 6.07) is 1.45. The van der Waals surface area contributed by atoms with Crippen LogP contribution in [-0.2, 0) is 5.33 Å². The van der Waals surface area contributed by atoms with E-state index in [1.54, 1.807) is 0 Å². The van der Waals surface area contributed by atoms with Crippen molar-refractivity contribution in [1.29, 1.82) is 0 Å². The van der Waals surface area contributed by atoms with E-state index in [1.165, 1.54) is 13.0 Å². The molecule has 1 rings (SSSR count). The van der Waals surface area contributed by atoms with Gasteiger partial charge in [-0.05, 0) is 13.0 Å². The van der Waals surface area contributed by atoms with Gasteiger partial charge in [0.15, 0.2) is 0 Å². The Hall–Kier alpha value is -0.220. The van der Waals surface area contributed by atoms with Crippen molar-refractivity contribution in [1.82, 2.24) is 4.98 Å². The molecule has 1 aromatic heterocycles. The van der Waals surface area contributed by atoms with Crippen LogP contribution < -0.4 is 0 Å². The molecule has 0 spiro atoms. The van der Waals surface area contributed by atoms with E-state index in [9.17, 15) is 8.78 Å². The average molecular weight is 271 g/mol. The van der Waals surface area contributed by atoms with Crippen LogP contribution in [0, 0.1) is 6.92 Å². The van der Waals surface area contributed by atoms with Crippen LogP contribution in [0.2, 0.25) is 5.02 Å². The smallest absolute Gasteiger partial charge is 0.257 e. The first-order valence-electron chi connectivity index (χ1n) is 3.56. The van der Waals surface area contributed by atoms with Gasteiger partial charge < -0.3 is 0 Å². The number of rotatable bonds is 2. The molecule has 0 amide bonds. The summed E-state index contributed by atoms with van der Waals surface area (Å²) in [4.78, 5) is 3.96. The van der Waals surface area contributed by atoms with Gasteiger partial charge in [0, 0.05) is 11.0 Å². The molecule has 13 heavy (non-hydrogen) atoms. The van der Waals surface area contributed by atoms with Gasteiger partial charge in [0.1, 0.15) is 0 Å². The average Bonchev–Trinajstić information content (AvgIpc) is 2.02. The molecule has 5 heteroatoms. The number of halogens is 4. The fourth-order valence-electron chi connectivity index (χ4n) is 1.04. The molecule has 0 aromatic carbocycles. The maximum absolute atomic E-state index is 12.4. The number of nitrogens with zero attached hydrogens (tertiary/aromatic N) is 1. The zero-order valence-corrected chi connectivity index (χ0v) is 9.16. The van der Waals surface area contributed by atoms with Crippen molar-refractivity contribution < 1.29 is 8.78 Å². The van der Waals surface area contributed by atoms with E-state index < -0.39 is 6.43 Å². The molecule has 0 aliphatic rings. The quantitative estimate of drug-likeness (QED) is 0.743. The van der Waals surface area contributed by atoms with Crippen molar-refractivity contribution >= 4 is 27.5 Å². The Balaban J connectivity index is 3.23. The molecule has 0 N–H and O–H groups in total. The Morgan fingerprint density at radius 3 is 2.62 bits per heavy atom. The molecule has 1 heterocycles. The standard InChI is InChI=1S/C8H7BrClF2N/c1-4-7(8(11)12)6(10)2-5(3-9)13-4/h2,8H,3H2,1H3. The summed E-state index contributed by atoms with van der Waals surface area (Å²) in [6.45, 7) is 1.53. The van der Waals surface area contributed by atoms with Gasteiger partial charge >= 0.3 is 0 Å². The van der Waals surface area contributed by atoms with E-state index in [0.29, 0.717) is 11.0 Å². The Kier molecular flexibility index (Phi) is 3.62. The second-order valence-corrected chi connectivity index (χ2v) is 3.50. The fourth-order valence-corrected chi connectivity index (χ4v) is 1.67. The predicted octanol–water partition coefficient (Wildman–Crippen LogP) is 3.88. The first kappa shape index (κ1) is 10.9. The minimum Gasteiger partial charge on any atom is -0.257 e. The van der Waals surface area contributed by atoms with Gasteiger partial charge in [0.2, 0.25) is 0 Å². The fraction of sp³-hybridized carbons (Fsp3) is 0.375. The third-order valence-electron chi connectivity index (χ3n) is 1.61. The van der Waals surface area contributed by atoms with Crippen molar-refractivity contribution in [3.05, 3.63) is 28.0 Å². The molecule has 0 saturated heterocycles. The lowest BCUT2D eigenvalue weighted by molar-refractivity contribution is 0.150. The van der Waals surface area contributed by atoms with Crippen LogP contribution in [0.5, 0.6) is 0 Å². The molecule has 0 bridgehead atoms. The van der Waals surface area contributed by atoms with E-state index >= 15 is 0 Å². The van der Waals surface area contributed by atoms with E-state index in [-0.39, 0.29) is 16.3 Å². The summed E-state index contributed by atoms with van der Waals surface area (Å²) in [6.07, 6.45) is -2.57. The second kappa shape index (κ2) is 4.33. The molecular formula is C8H7BrClF2N. The molecule has 1 aromatic rings. The minimum absolute atomic E-state index is 0.0805. The van der Waals surface area contributed by atoms with Crippen molar-refractivity contribution in [2.75, 3.05) is 0 Å². The highest BCUT2D eigenvalue weighted by Gasteiger charge is 2.16. The van der Waals surface area contributed by atoms with Crippen molar-refractivity contribution in [2.24, 2.45) is 0 Å². The number of pyridine rings is 1. The summed E-state index contributed by atoms with van der Waals surface area (Å²) < 4.78 is 24.8. The normalized spacial score (nSPS) is 10.9. The number of hydrogen-bond acceptors (Lipinski definition) is 1. The highest BCUT2D eigenvalue weighted by molar-refractivity contribution is 9.08. The Morgan fingerprint density at radius 1 is 1.62 bits per heavy atom. The van der Waals surface area contributed by atoms with Crippen LogP contribution in [-0.4, -0.2) is 4.98 Å². The van der Waals surface area contributed by atoms with Crippen molar-refractivity contribution in [2.45, 2.75) is 18.7 Å². The molecule has 1 nitrogen and oxygen atoms in total. The van der Waals surface area contributed by atoms with Gasteiger partial charge in [-0.3, -0.25) is 4.98 Å². The molecule has 0 fully saturated rings. The maximum Gasteiger partial charge on any atom is 0.267 e. The molecule has 0 saturated carbocycles. The second-order valence-electron chi connectivity index (χ2n) is 2.53. The Bertz CT molecular complexity index is 294. The topological polar surface area (TPSA) is 12.9 Å². The van der Waals surface area contributed by atoms with Gasteiger partial charge in [-0.2, -0.15) is 0 Å². The monoisotopic (exact) mass is 269 g/mol. The largest absolute Gasteiger partial charge is 0.267 e. The van der Waals surface area contributed by atoms with Crippen LogP contribution in [0.25, 0.3) is 0 Å². The third-order valence-corrected chi connectivity index (χ3v) is 2.49. The van der Waals surface area contributed by atoms with Crippen LogP contribution in [0.4, 0.5) is 8.78 Å². The van der Waals surface area contributed by atoms with Crippen LogP contribution >= 0.6 is 27.5 Å². The van der Waals surface area contributed by atoms with Crippen LogP contribution in [0.15, 0.2) is 6.07 Å². The van der Waals surface area contributed by atoms with Gasteiger partial charge in [0.25, 0.3) is 6.43 Å². The zero-order valence-electron chi connectivity index (χ0n) is 6.82. The van der Waals surface area contributed by atoms with Gasteiger partial charge in [-0.1, -0.05) is 27.5 Å². The number of alkyl halides is 3. The Labute approximate surface area is 88.2 Å². The highest BCUT2D eigenvalue weighted by atomic mass is 79.9. The molecule has 0 aliphatic carbocycles. The summed E-state index contributed by atoms with van der Waals surface area (Å²) in [5.41, 5.74) is 0.773. The Morgan fingerprint density at radius 2 is 2.23 bits per heavy atom. The van der Waals surface area contributed by atoms with Gasteiger partial charge in [-0.25, -0.2) is 8.78 Å². The van der Waals surface area contributed by atoms with Gasteiger partial charge in [0.05, 0.1) is 16.3 Å². The van der Waals surface area contributed by atoms with E-state index in [1.807, 2.05) is 0 Å². The number of aromatic nitrogens is 1. The molecule has 0 atom stereocenters. The third kappa shape index (κ3) is 2.38. The van der Waals surface area contributed by atoms with Crippen LogP contribution in [0.3, 0.4) is 0 Å². The van der Waals surface area contributed by atoms with E-state index in [2.05, 4.69) is 20.9 Å². The lowest BCUT2D eigenvalue weighted by atomic mass is 10.2. The lowest BCUT2D eigenvalue weighted by Crippen LogP contribution is -1.97. The minimum atomic E-state index is -2.57. The van der Waals surface area contributed by atoms with E-state index in [0.717, 1.165) is 0 Å². The lowest BCUT2D eigenvalue weighted by Gasteiger charge is -2.07.